The molecule has 23 heavy (non-hydrogen) atoms. The van der Waals surface area contributed by atoms with E-state index in [1.54, 1.807) is 0 Å². The highest BCUT2D eigenvalue weighted by Crippen LogP contribution is 2.33. The minimum Gasteiger partial charge on any atom is -0.337 e. The molecule has 1 saturated heterocycles. The van der Waals surface area contributed by atoms with Crippen molar-refractivity contribution < 1.29 is 12.9 Å². The summed E-state index contributed by atoms with van der Waals surface area (Å²) in [5.74, 6) is 0.836. The summed E-state index contributed by atoms with van der Waals surface area (Å²) in [6.07, 6.45) is 2.46. The number of aromatic nitrogens is 2. The Balaban J connectivity index is 1.92. The number of piperidine rings is 1. The van der Waals surface area contributed by atoms with Gasteiger partial charge in [0, 0.05) is 26.2 Å². The summed E-state index contributed by atoms with van der Waals surface area (Å²) >= 11 is 0. The fraction of sp³-hybridized carbons (Fsp3) is 0.467. The molecule has 0 N–H and O–H groups in total. The number of hydrogen-bond donors (Lipinski definition) is 0. The Morgan fingerprint density at radius 2 is 1.96 bits per heavy atom. The Hall–Kier alpha value is -1.77. The molecule has 1 aliphatic rings. The largest absolute Gasteiger partial charge is 0.337 e. The van der Waals surface area contributed by atoms with Crippen LogP contribution < -0.4 is 0 Å². The van der Waals surface area contributed by atoms with E-state index in [1.165, 1.54) is 22.7 Å². The standard InChI is InChI=1S/C15H20N4O3S/c1-18(2)23(20,21)19-11-7-6-10-13(19)15-16-14(17-22-15)12-8-4-3-5-9-12/h3-5,8-9,13H,6-7,10-11H2,1-2H3/t13-/m1/s1. The summed E-state index contributed by atoms with van der Waals surface area (Å²) in [7, 11) is -0.450. The summed E-state index contributed by atoms with van der Waals surface area (Å²) in [6, 6.07) is 9.09. The molecular weight excluding hydrogens is 316 g/mol. The van der Waals surface area contributed by atoms with E-state index < -0.39 is 16.3 Å². The molecule has 0 aliphatic carbocycles. The van der Waals surface area contributed by atoms with Gasteiger partial charge in [0.15, 0.2) is 0 Å². The Kier molecular flexibility index (Phi) is 4.47. The molecule has 0 amide bonds. The first-order valence-electron chi connectivity index (χ1n) is 7.58. The van der Waals surface area contributed by atoms with Crippen molar-refractivity contribution in [3.8, 4) is 11.4 Å². The van der Waals surface area contributed by atoms with Crippen molar-refractivity contribution in [1.29, 1.82) is 0 Å². The minimum absolute atomic E-state index is 0.356. The lowest BCUT2D eigenvalue weighted by Crippen LogP contribution is -2.44. The molecule has 0 saturated carbocycles. The number of benzene rings is 1. The van der Waals surface area contributed by atoms with E-state index in [0.29, 0.717) is 24.7 Å². The van der Waals surface area contributed by atoms with Crippen molar-refractivity contribution in [2.24, 2.45) is 0 Å². The topological polar surface area (TPSA) is 79.5 Å². The van der Waals surface area contributed by atoms with Crippen LogP contribution in [-0.4, -0.2) is 47.8 Å². The van der Waals surface area contributed by atoms with Crippen LogP contribution in [0.3, 0.4) is 0 Å². The first-order chi connectivity index (χ1) is 11.0. The fourth-order valence-electron chi connectivity index (χ4n) is 2.71. The zero-order valence-corrected chi connectivity index (χ0v) is 14.0. The van der Waals surface area contributed by atoms with Crippen LogP contribution in [0, 0.1) is 0 Å². The average molecular weight is 336 g/mol. The summed E-state index contributed by atoms with van der Waals surface area (Å²) in [5.41, 5.74) is 0.848. The highest BCUT2D eigenvalue weighted by atomic mass is 32.2. The van der Waals surface area contributed by atoms with Crippen LogP contribution in [-0.2, 0) is 10.2 Å². The van der Waals surface area contributed by atoms with Gasteiger partial charge in [0.1, 0.15) is 6.04 Å². The van der Waals surface area contributed by atoms with Gasteiger partial charge < -0.3 is 4.52 Å². The molecule has 2 aromatic rings. The van der Waals surface area contributed by atoms with Gasteiger partial charge in [-0.2, -0.15) is 22.0 Å². The summed E-state index contributed by atoms with van der Waals surface area (Å²) < 4.78 is 33.1. The summed E-state index contributed by atoms with van der Waals surface area (Å²) in [6.45, 7) is 0.466. The summed E-state index contributed by atoms with van der Waals surface area (Å²) in [4.78, 5) is 4.42. The fourth-order valence-corrected chi connectivity index (χ4v) is 4.01. The van der Waals surface area contributed by atoms with Crippen molar-refractivity contribution in [3.63, 3.8) is 0 Å². The molecule has 1 atom stereocenters. The zero-order chi connectivity index (χ0) is 16.4. The highest BCUT2D eigenvalue weighted by molar-refractivity contribution is 7.86. The lowest BCUT2D eigenvalue weighted by molar-refractivity contribution is 0.196. The maximum Gasteiger partial charge on any atom is 0.282 e. The summed E-state index contributed by atoms with van der Waals surface area (Å²) in [5, 5.41) is 4.00. The van der Waals surface area contributed by atoms with E-state index in [1.807, 2.05) is 30.3 Å². The quantitative estimate of drug-likeness (QED) is 0.854. The Morgan fingerprint density at radius 1 is 1.22 bits per heavy atom. The molecule has 1 aromatic carbocycles. The second-order valence-electron chi connectivity index (χ2n) is 5.73. The predicted octanol–water partition coefficient (Wildman–Crippen LogP) is 2.07. The SMILES string of the molecule is CN(C)S(=O)(=O)N1CCCC[C@@H]1c1nc(-c2ccccc2)no1. The third-order valence-electron chi connectivity index (χ3n) is 3.97. The van der Waals surface area contributed by atoms with Crippen LogP contribution in [0.1, 0.15) is 31.2 Å². The van der Waals surface area contributed by atoms with Gasteiger partial charge in [-0.05, 0) is 12.8 Å². The van der Waals surface area contributed by atoms with Gasteiger partial charge in [-0.25, -0.2) is 0 Å². The van der Waals surface area contributed by atoms with Gasteiger partial charge >= 0.3 is 0 Å². The van der Waals surface area contributed by atoms with Gasteiger partial charge in [0.25, 0.3) is 10.2 Å². The van der Waals surface area contributed by atoms with Gasteiger partial charge in [0.2, 0.25) is 11.7 Å². The average Bonchev–Trinajstić information content (AvgIpc) is 3.05. The first kappa shape index (κ1) is 16.1. The predicted molar refractivity (Wildman–Crippen MR) is 85.6 cm³/mol. The van der Waals surface area contributed by atoms with Crippen molar-refractivity contribution in [2.45, 2.75) is 25.3 Å². The van der Waals surface area contributed by atoms with E-state index in [4.69, 9.17) is 4.52 Å². The molecule has 8 heteroatoms. The third kappa shape index (κ3) is 3.15. The first-order valence-corrected chi connectivity index (χ1v) is 8.98. The lowest BCUT2D eigenvalue weighted by Gasteiger charge is -2.33. The number of hydrogen-bond acceptors (Lipinski definition) is 5. The maximum atomic E-state index is 12.5. The molecule has 1 fully saturated rings. The van der Waals surface area contributed by atoms with E-state index in [0.717, 1.165) is 18.4 Å². The lowest BCUT2D eigenvalue weighted by atomic mass is 10.1. The number of rotatable bonds is 4. The molecule has 3 rings (SSSR count). The molecule has 2 heterocycles. The molecular formula is C15H20N4O3S. The van der Waals surface area contributed by atoms with Crippen LogP contribution in [0.2, 0.25) is 0 Å². The van der Waals surface area contributed by atoms with Gasteiger partial charge in [-0.15, -0.1) is 0 Å². The molecule has 0 spiro atoms. The third-order valence-corrected chi connectivity index (χ3v) is 5.92. The second-order valence-corrected chi connectivity index (χ2v) is 7.83. The molecule has 7 nitrogen and oxygen atoms in total. The molecule has 0 radical (unpaired) electrons. The van der Waals surface area contributed by atoms with Gasteiger partial charge in [-0.3, -0.25) is 0 Å². The Bertz CT molecular complexity index is 758. The van der Waals surface area contributed by atoms with Crippen molar-refractivity contribution in [3.05, 3.63) is 36.2 Å². The highest BCUT2D eigenvalue weighted by Gasteiger charge is 2.37. The normalized spacial score (nSPS) is 20.0. The Labute approximate surface area is 136 Å². The van der Waals surface area contributed by atoms with Crippen molar-refractivity contribution in [1.82, 2.24) is 18.8 Å². The van der Waals surface area contributed by atoms with Crippen LogP contribution >= 0.6 is 0 Å². The van der Waals surface area contributed by atoms with Crippen molar-refractivity contribution in [2.75, 3.05) is 20.6 Å². The molecule has 1 aromatic heterocycles. The van der Waals surface area contributed by atoms with Gasteiger partial charge in [0.05, 0.1) is 0 Å². The number of nitrogens with zero attached hydrogens (tertiary/aromatic N) is 4. The molecule has 0 unspecified atom stereocenters. The monoisotopic (exact) mass is 336 g/mol. The molecule has 0 bridgehead atoms. The smallest absolute Gasteiger partial charge is 0.282 e. The minimum atomic E-state index is -3.51. The van der Waals surface area contributed by atoms with Crippen LogP contribution in [0.4, 0.5) is 0 Å². The maximum absolute atomic E-state index is 12.5. The van der Waals surface area contributed by atoms with Crippen LogP contribution in [0.15, 0.2) is 34.9 Å². The van der Waals surface area contributed by atoms with E-state index >= 15 is 0 Å². The zero-order valence-electron chi connectivity index (χ0n) is 13.2. The second kappa shape index (κ2) is 6.38. The molecule has 1 aliphatic heterocycles. The van der Waals surface area contributed by atoms with E-state index in [2.05, 4.69) is 10.1 Å². The van der Waals surface area contributed by atoms with Crippen molar-refractivity contribution >= 4 is 10.2 Å². The van der Waals surface area contributed by atoms with E-state index in [9.17, 15) is 8.42 Å². The molecule has 124 valence electrons. The van der Waals surface area contributed by atoms with E-state index in [-0.39, 0.29) is 0 Å². The van der Waals surface area contributed by atoms with Crippen LogP contribution in [0.5, 0.6) is 0 Å². The Morgan fingerprint density at radius 3 is 2.65 bits per heavy atom. The van der Waals surface area contributed by atoms with Gasteiger partial charge in [-0.1, -0.05) is 41.9 Å². The van der Waals surface area contributed by atoms with Crippen LogP contribution in [0.25, 0.3) is 11.4 Å².